The van der Waals surface area contributed by atoms with Gasteiger partial charge in [-0.05, 0) is 51.4 Å². The number of Topliss-reactive ketones (excluding diaryl/α,β-unsaturated/α-hetero) is 1. The lowest BCUT2D eigenvalue weighted by Gasteiger charge is -2.18. The summed E-state index contributed by atoms with van der Waals surface area (Å²) in [6.45, 7) is 14.8. The predicted octanol–water partition coefficient (Wildman–Crippen LogP) is 1.97. The minimum absolute atomic E-state index is 0. The van der Waals surface area contributed by atoms with Crippen LogP contribution in [-0.2, 0) is 14.3 Å². The zero-order chi connectivity index (χ0) is 32.0. The van der Waals surface area contributed by atoms with Gasteiger partial charge >= 0.3 is 5.97 Å². The number of hydrogen-bond donors (Lipinski definition) is 0. The first kappa shape index (κ1) is 46.0. The maximum Gasteiger partial charge on any atom is 0.334 e. The third-order valence-corrected chi connectivity index (χ3v) is 7.06. The summed E-state index contributed by atoms with van der Waals surface area (Å²) < 4.78 is 5.11. The van der Waals surface area contributed by atoms with Crippen LogP contribution in [0, 0.1) is 17.8 Å². The minimum Gasteiger partial charge on any atom is -0.454 e. The number of cyclic esters (lactones) is 1. The average Bonchev–Trinajstić information content (AvgIpc) is 3.38. The Morgan fingerprint density at radius 1 is 1.05 bits per heavy atom. The van der Waals surface area contributed by atoms with Crippen molar-refractivity contribution in [2.75, 3.05) is 0 Å². The van der Waals surface area contributed by atoms with E-state index >= 15 is 0 Å². The summed E-state index contributed by atoms with van der Waals surface area (Å²) in [5, 5.41) is 0. The molecule has 206 valence electrons. The summed E-state index contributed by atoms with van der Waals surface area (Å²) in [7, 11) is 38.9. The molecule has 4 unspecified atom stereocenters. The fourth-order valence-electron chi connectivity index (χ4n) is 4.62. The first-order chi connectivity index (χ1) is 19.3. The Morgan fingerprint density at radius 3 is 1.93 bits per heavy atom. The van der Waals surface area contributed by atoms with Gasteiger partial charge < -0.3 is 4.74 Å². The third-order valence-electron chi connectivity index (χ3n) is 7.06. The van der Waals surface area contributed by atoms with Gasteiger partial charge in [-0.15, -0.1) is 0 Å². The second-order valence-electron chi connectivity index (χ2n) is 11.0. The molecule has 18 radical (unpaired) electrons. The van der Waals surface area contributed by atoms with E-state index in [1.165, 1.54) is 60.1 Å². The highest BCUT2D eigenvalue weighted by Gasteiger charge is 2.30. The van der Waals surface area contributed by atoms with Crippen LogP contribution < -0.4 is 0 Å². The molecule has 0 bridgehead atoms. The minimum atomic E-state index is -0.259. The van der Waals surface area contributed by atoms with Crippen molar-refractivity contribution in [2.24, 2.45) is 17.8 Å². The van der Waals surface area contributed by atoms with Gasteiger partial charge in [0.2, 0.25) is 0 Å². The van der Waals surface area contributed by atoms with E-state index in [0.717, 1.165) is 42.7 Å². The largest absolute Gasteiger partial charge is 0.454 e. The molecule has 0 aromatic rings. The first-order valence-corrected chi connectivity index (χ1v) is 14.8. The van der Waals surface area contributed by atoms with Crippen molar-refractivity contribution in [3.63, 3.8) is 0 Å². The molecule has 1 aliphatic carbocycles. The van der Waals surface area contributed by atoms with E-state index in [1.807, 2.05) is 13.8 Å². The Bertz CT molecular complexity index is 782. The first-order valence-electron chi connectivity index (χ1n) is 14.8. The molecule has 1 aliphatic heterocycles. The highest BCUT2D eigenvalue weighted by Crippen LogP contribution is 2.34. The Morgan fingerprint density at radius 2 is 1.62 bits per heavy atom. The van der Waals surface area contributed by atoms with E-state index in [1.54, 1.807) is 7.06 Å². The summed E-state index contributed by atoms with van der Waals surface area (Å²) in [6.07, 6.45) is 9.52. The summed E-state index contributed by atoms with van der Waals surface area (Å²) in [6, 6.07) is 0. The summed E-state index contributed by atoms with van der Waals surface area (Å²) in [5.41, 5.74) is 3.11. The van der Waals surface area contributed by atoms with Crippen molar-refractivity contribution in [2.45, 2.75) is 107 Å². The van der Waals surface area contributed by atoms with Gasteiger partial charge in [0.1, 0.15) is 11.9 Å². The van der Waals surface area contributed by atoms with Crippen molar-refractivity contribution in [3.05, 3.63) is 22.8 Å². The van der Waals surface area contributed by atoms with Gasteiger partial charge in [0.05, 0.1) is 0 Å². The zero-order valence-electron chi connectivity index (χ0n) is 26.6. The average molecular weight is 546 g/mol. The molecule has 0 spiro atoms. The van der Waals surface area contributed by atoms with Crippen molar-refractivity contribution in [1.29, 1.82) is 0 Å². The van der Waals surface area contributed by atoms with Crippen molar-refractivity contribution < 1.29 is 15.8 Å². The quantitative estimate of drug-likeness (QED) is 0.263. The smallest absolute Gasteiger partial charge is 0.334 e. The number of hydrogen-bond acceptors (Lipinski definition) is 3. The Kier molecular flexibility index (Phi) is 30.7. The third kappa shape index (κ3) is 21.3. The molecule has 2 rings (SSSR count). The van der Waals surface area contributed by atoms with E-state index in [2.05, 4.69) is 40.7 Å². The highest BCUT2D eigenvalue weighted by molar-refractivity contribution is 7.79. The SMILES string of the molecule is C.CCCC(C)=CC1=C(C)C(=O)OC1C.CCCC(C)CC1CC(=O)CC1C.[B][B]B([B])[B][B].[B][B][B]B([B][B])[B][B].[HH]. The lowest BCUT2D eigenvalue weighted by molar-refractivity contribution is -0.139. The summed E-state index contributed by atoms with van der Waals surface area (Å²) in [5.74, 6) is 2.46. The van der Waals surface area contributed by atoms with Crippen LogP contribution in [0.15, 0.2) is 22.8 Å². The maximum absolute atomic E-state index is 11.2. The number of ketones is 1. The van der Waals surface area contributed by atoms with Crippen LogP contribution in [-0.4, -0.2) is 119 Å². The molecule has 0 aromatic carbocycles. The number of rotatable bonds is 13. The molecule has 1 saturated carbocycles. The zero-order valence-corrected chi connectivity index (χ0v) is 26.6. The van der Waals surface area contributed by atoms with Crippen LogP contribution in [0.1, 0.15) is 102 Å². The molecule has 1 fully saturated rings. The van der Waals surface area contributed by atoms with Crippen LogP contribution in [0.4, 0.5) is 0 Å². The fraction of sp³-hybridized carbons (Fsp3) is 0.760. The lowest BCUT2D eigenvalue weighted by Crippen LogP contribution is -2.41. The normalized spacial score (nSPS) is 19.5. The number of carbonyl (C=O) groups is 2. The van der Waals surface area contributed by atoms with Gasteiger partial charge in [-0.1, -0.05) is 66.0 Å². The standard InChI is InChI=1S/C12H18O2.C12H22O.CH4.B8.B6.H2/c1-5-6-8(2)7-11-9(3)12(13)14-10(11)4;1-4-5-9(2)6-11-8-12(13)7-10(11)3;;1-4-7-8(5-2)6-3;1-4-6(3)5-2;/h7,10H,5-6H2,1-4H3;9-11H,4-8H2,1-3H3;1H4;;;1H. The molecule has 0 saturated heterocycles. The van der Waals surface area contributed by atoms with Crippen molar-refractivity contribution in [1.82, 2.24) is 0 Å². The number of ether oxygens (including phenoxy) is 1. The lowest BCUT2D eigenvalue weighted by atomic mass is 8.78. The summed E-state index contributed by atoms with van der Waals surface area (Å²) in [4.78, 5) is 22.4. The molecule has 0 N–H and O–H groups in total. The van der Waals surface area contributed by atoms with Gasteiger partial charge in [-0.25, -0.2) is 4.79 Å². The topological polar surface area (TPSA) is 43.4 Å². The Labute approximate surface area is 275 Å². The van der Waals surface area contributed by atoms with E-state index in [4.69, 9.17) is 51.2 Å². The number of allylic oxidation sites excluding steroid dienone is 1. The molecule has 1 heterocycles. The molecule has 2 aliphatic rings. The van der Waals surface area contributed by atoms with Crippen LogP contribution in [0.3, 0.4) is 0 Å². The highest BCUT2D eigenvalue weighted by atomic mass is 16.5. The molecular formula is C25H46B14O3. The molecule has 3 nitrogen and oxygen atoms in total. The molecule has 4 atom stereocenters. The molecule has 0 amide bonds. The van der Waals surface area contributed by atoms with Crippen LogP contribution in [0.5, 0.6) is 0 Å². The van der Waals surface area contributed by atoms with E-state index in [0.29, 0.717) is 17.6 Å². The van der Waals surface area contributed by atoms with Gasteiger partial charge in [0.15, 0.2) is 0 Å². The summed E-state index contributed by atoms with van der Waals surface area (Å²) >= 11 is 0. The van der Waals surface area contributed by atoms with Gasteiger partial charge in [-0.2, -0.15) is 0 Å². The second kappa shape index (κ2) is 28.0. The molecule has 0 aromatic heterocycles. The van der Waals surface area contributed by atoms with Gasteiger partial charge in [-0.3, -0.25) is 4.79 Å². The van der Waals surface area contributed by atoms with Crippen molar-refractivity contribution in [3.8, 4) is 0 Å². The van der Waals surface area contributed by atoms with E-state index < -0.39 is 0 Å². The Balaban J connectivity index is -0.000000244. The van der Waals surface area contributed by atoms with Crippen LogP contribution in [0.2, 0.25) is 0 Å². The van der Waals surface area contributed by atoms with Gasteiger partial charge in [0.25, 0.3) is 0 Å². The van der Waals surface area contributed by atoms with Crippen molar-refractivity contribution >= 4 is 113 Å². The Hall–Kier alpha value is -0.471. The number of esters is 1. The molecule has 17 heteroatoms. The maximum atomic E-state index is 11.2. The van der Waals surface area contributed by atoms with Crippen LogP contribution in [0.25, 0.3) is 0 Å². The van der Waals surface area contributed by atoms with Gasteiger partial charge in [0, 0.05) is 127 Å². The molecule has 42 heavy (non-hydrogen) atoms. The van der Waals surface area contributed by atoms with Crippen LogP contribution >= 0.6 is 0 Å². The van der Waals surface area contributed by atoms with E-state index in [-0.39, 0.29) is 33.7 Å². The molecular weight excluding hydrogens is 500 g/mol. The second-order valence-corrected chi connectivity index (χ2v) is 11.0. The van der Waals surface area contributed by atoms with E-state index in [9.17, 15) is 9.59 Å². The predicted molar refractivity (Wildman–Crippen MR) is 202 cm³/mol. The fourth-order valence-corrected chi connectivity index (χ4v) is 4.62. The number of carbonyl (C=O) groups excluding carboxylic acids is 2. The monoisotopic (exact) mass is 548 g/mol.